The Morgan fingerprint density at radius 3 is 2.68 bits per heavy atom. The summed E-state index contributed by atoms with van der Waals surface area (Å²) in [5.74, 6) is 1.69. The Labute approximate surface area is 133 Å². The number of rotatable bonds is 7. The Kier molecular flexibility index (Phi) is 6.72. The van der Waals surface area contributed by atoms with Gasteiger partial charge in [-0.25, -0.2) is 0 Å². The fraction of sp³-hybridized carbons (Fsp3) is 0.611. The first kappa shape index (κ1) is 16.8. The monoisotopic (exact) mass is 304 g/mol. The molecule has 0 bridgehead atoms. The molecule has 1 unspecified atom stereocenters. The SMILES string of the molecule is Cc1ccc(OC(C)CNC(=O)CCC2CCNCC2)cc1. The number of nitrogens with one attached hydrogen (secondary N) is 2. The molecule has 1 aromatic carbocycles. The van der Waals surface area contributed by atoms with Crippen LogP contribution in [0.2, 0.25) is 0 Å². The van der Waals surface area contributed by atoms with Crippen LogP contribution in [0.25, 0.3) is 0 Å². The zero-order chi connectivity index (χ0) is 15.8. The van der Waals surface area contributed by atoms with Gasteiger partial charge in [-0.15, -0.1) is 0 Å². The van der Waals surface area contributed by atoms with Gasteiger partial charge in [0.1, 0.15) is 11.9 Å². The van der Waals surface area contributed by atoms with Crippen LogP contribution < -0.4 is 15.4 Å². The molecule has 0 radical (unpaired) electrons. The quantitative estimate of drug-likeness (QED) is 0.814. The van der Waals surface area contributed by atoms with Crippen molar-refractivity contribution in [2.24, 2.45) is 5.92 Å². The molecule has 1 atom stereocenters. The summed E-state index contributed by atoms with van der Waals surface area (Å²) in [6.45, 7) is 6.77. The van der Waals surface area contributed by atoms with Gasteiger partial charge in [0, 0.05) is 6.42 Å². The van der Waals surface area contributed by atoms with Gasteiger partial charge in [-0.1, -0.05) is 17.7 Å². The molecule has 0 saturated carbocycles. The third-order valence-electron chi connectivity index (χ3n) is 4.18. The fourth-order valence-corrected chi connectivity index (χ4v) is 2.74. The van der Waals surface area contributed by atoms with Crippen molar-refractivity contribution in [2.75, 3.05) is 19.6 Å². The number of aryl methyl sites for hydroxylation is 1. The second-order valence-corrected chi connectivity index (χ2v) is 6.28. The van der Waals surface area contributed by atoms with Crippen LogP contribution in [0.15, 0.2) is 24.3 Å². The smallest absolute Gasteiger partial charge is 0.220 e. The van der Waals surface area contributed by atoms with Crippen LogP contribution in [0.5, 0.6) is 5.75 Å². The van der Waals surface area contributed by atoms with Crippen molar-refractivity contribution in [3.8, 4) is 5.75 Å². The van der Waals surface area contributed by atoms with Crippen LogP contribution >= 0.6 is 0 Å². The van der Waals surface area contributed by atoms with Crippen LogP contribution in [0.4, 0.5) is 0 Å². The maximum absolute atomic E-state index is 11.9. The van der Waals surface area contributed by atoms with Crippen LogP contribution in [0, 0.1) is 12.8 Å². The number of hydrogen-bond donors (Lipinski definition) is 2. The molecule has 1 aliphatic rings. The van der Waals surface area contributed by atoms with Gasteiger partial charge in [0.2, 0.25) is 5.91 Å². The van der Waals surface area contributed by atoms with Gasteiger partial charge in [-0.3, -0.25) is 4.79 Å². The Morgan fingerprint density at radius 1 is 1.32 bits per heavy atom. The standard InChI is InChI=1S/C18H28N2O2/c1-14-3-6-17(7-4-14)22-15(2)13-20-18(21)8-5-16-9-11-19-12-10-16/h3-4,6-7,15-16,19H,5,8-13H2,1-2H3,(H,20,21). The summed E-state index contributed by atoms with van der Waals surface area (Å²) in [6.07, 6.45) is 3.99. The van der Waals surface area contributed by atoms with Crippen LogP contribution in [-0.2, 0) is 4.79 Å². The molecule has 4 nitrogen and oxygen atoms in total. The predicted octanol–water partition coefficient (Wildman–Crippen LogP) is 2.66. The third kappa shape index (κ3) is 6.06. The number of ether oxygens (including phenoxy) is 1. The van der Waals surface area contributed by atoms with Crippen LogP contribution in [-0.4, -0.2) is 31.6 Å². The van der Waals surface area contributed by atoms with Gasteiger partial charge in [-0.2, -0.15) is 0 Å². The number of carbonyl (C=O) groups excluding carboxylic acids is 1. The Bertz CT molecular complexity index is 453. The third-order valence-corrected chi connectivity index (χ3v) is 4.18. The summed E-state index contributed by atoms with van der Waals surface area (Å²) in [6, 6.07) is 7.98. The second kappa shape index (κ2) is 8.79. The van der Waals surface area contributed by atoms with E-state index in [4.69, 9.17) is 4.74 Å². The van der Waals surface area contributed by atoms with Crippen molar-refractivity contribution >= 4 is 5.91 Å². The maximum Gasteiger partial charge on any atom is 0.220 e. The first-order valence-corrected chi connectivity index (χ1v) is 8.34. The molecule has 1 amide bonds. The lowest BCUT2D eigenvalue weighted by molar-refractivity contribution is -0.121. The van der Waals surface area contributed by atoms with Gasteiger partial charge in [-0.05, 0) is 64.3 Å². The highest BCUT2D eigenvalue weighted by atomic mass is 16.5. The molecule has 0 spiro atoms. The van der Waals surface area contributed by atoms with Crippen molar-refractivity contribution in [2.45, 2.75) is 45.6 Å². The van der Waals surface area contributed by atoms with E-state index < -0.39 is 0 Å². The van der Waals surface area contributed by atoms with Crippen molar-refractivity contribution < 1.29 is 9.53 Å². The van der Waals surface area contributed by atoms with E-state index >= 15 is 0 Å². The minimum absolute atomic E-state index is 0.0227. The normalized spacial score (nSPS) is 17.0. The van der Waals surface area contributed by atoms with E-state index in [1.54, 1.807) is 0 Å². The summed E-state index contributed by atoms with van der Waals surface area (Å²) in [7, 11) is 0. The van der Waals surface area contributed by atoms with Crippen molar-refractivity contribution in [1.29, 1.82) is 0 Å². The lowest BCUT2D eigenvalue weighted by Crippen LogP contribution is -2.34. The molecular weight excluding hydrogens is 276 g/mol. The van der Waals surface area contributed by atoms with Crippen molar-refractivity contribution in [3.05, 3.63) is 29.8 Å². The zero-order valence-corrected chi connectivity index (χ0v) is 13.7. The first-order valence-electron chi connectivity index (χ1n) is 8.34. The number of piperidine rings is 1. The van der Waals surface area contributed by atoms with Crippen molar-refractivity contribution in [3.63, 3.8) is 0 Å². The molecule has 22 heavy (non-hydrogen) atoms. The Balaban J connectivity index is 1.61. The van der Waals surface area contributed by atoms with E-state index in [9.17, 15) is 4.79 Å². The molecule has 1 fully saturated rings. The predicted molar refractivity (Wildman–Crippen MR) is 89.1 cm³/mol. The van der Waals surface area contributed by atoms with Crippen molar-refractivity contribution in [1.82, 2.24) is 10.6 Å². The molecule has 0 aliphatic carbocycles. The van der Waals surface area contributed by atoms with Crippen LogP contribution in [0.3, 0.4) is 0 Å². The molecule has 0 aromatic heterocycles. The molecule has 2 N–H and O–H groups in total. The minimum Gasteiger partial charge on any atom is -0.489 e. The topological polar surface area (TPSA) is 50.4 Å². The summed E-state index contributed by atoms with van der Waals surface area (Å²) >= 11 is 0. The number of carbonyl (C=O) groups is 1. The van der Waals surface area contributed by atoms with Gasteiger partial charge >= 0.3 is 0 Å². The molecule has 1 aliphatic heterocycles. The van der Waals surface area contributed by atoms with Gasteiger partial charge < -0.3 is 15.4 Å². The van der Waals surface area contributed by atoms with Gasteiger partial charge in [0.05, 0.1) is 6.54 Å². The lowest BCUT2D eigenvalue weighted by atomic mass is 9.93. The highest BCUT2D eigenvalue weighted by Gasteiger charge is 2.14. The number of hydrogen-bond acceptors (Lipinski definition) is 3. The summed E-state index contributed by atoms with van der Waals surface area (Å²) in [5.41, 5.74) is 1.21. The summed E-state index contributed by atoms with van der Waals surface area (Å²) in [4.78, 5) is 11.9. The highest BCUT2D eigenvalue weighted by molar-refractivity contribution is 5.75. The number of benzene rings is 1. The van der Waals surface area contributed by atoms with E-state index in [2.05, 4.69) is 17.6 Å². The maximum atomic E-state index is 11.9. The average molecular weight is 304 g/mol. The van der Waals surface area contributed by atoms with E-state index in [0.29, 0.717) is 18.9 Å². The molecule has 1 heterocycles. The largest absolute Gasteiger partial charge is 0.489 e. The molecule has 122 valence electrons. The summed E-state index contributed by atoms with van der Waals surface area (Å²) in [5, 5.41) is 6.33. The Hall–Kier alpha value is -1.55. The van der Waals surface area contributed by atoms with E-state index in [1.165, 1.54) is 18.4 Å². The molecule has 1 aromatic rings. The van der Waals surface area contributed by atoms with Gasteiger partial charge in [0.25, 0.3) is 0 Å². The molecule has 4 heteroatoms. The zero-order valence-electron chi connectivity index (χ0n) is 13.7. The Morgan fingerprint density at radius 2 is 2.00 bits per heavy atom. The fourth-order valence-electron chi connectivity index (χ4n) is 2.74. The van der Waals surface area contributed by atoms with Gasteiger partial charge in [0.15, 0.2) is 0 Å². The molecule has 1 saturated heterocycles. The van der Waals surface area contributed by atoms with Crippen LogP contribution in [0.1, 0.15) is 38.2 Å². The average Bonchev–Trinajstić information content (AvgIpc) is 2.54. The minimum atomic E-state index is -0.0227. The first-order chi connectivity index (χ1) is 10.6. The van der Waals surface area contributed by atoms with E-state index in [0.717, 1.165) is 25.3 Å². The summed E-state index contributed by atoms with van der Waals surface area (Å²) < 4.78 is 5.79. The molecule has 2 rings (SSSR count). The van der Waals surface area contributed by atoms with E-state index in [-0.39, 0.29) is 12.0 Å². The highest BCUT2D eigenvalue weighted by Crippen LogP contribution is 2.17. The lowest BCUT2D eigenvalue weighted by Gasteiger charge is -2.22. The second-order valence-electron chi connectivity index (χ2n) is 6.28. The molecular formula is C18H28N2O2. The number of amides is 1. The van der Waals surface area contributed by atoms with E-state index in [1.807, 2.05) is 31.2 Å².